The standard InChI is InChI=1S/C12H22N2O5/c1-6-8(9(15)13-7(2)10(16)17)14-11(18)19-12(3,4)5/h7-8H,6H2,1-5H3,(H,13,15)(H,14,18)(H,16,17)/t7-,8+/m0/s1. The Morgan fingerprint density at radius 3 is 2.11 bits per heavy atom. The van der Waals surface area contributed by atoms with Gasteiger partial charge < -0.3 is 20.5 Å². The number of hydrogen-bond acceptors (Lipinski definition) is 4. The first kappa shape index (κ1) is 17.2. The van der Waals surface area contributed by atoms with Crippen molar-refractivity contribution in [2.75, 3.05) is 0 Å². The molecule has 0 unspecified atom stereocenters. The van der Waals surface area contributed by atoms with E-state index in [1.54, 1.807) is 27.7 Å². The van der Waals surface area contributed by atoms with Gasteiger partial charge in [0, 0.05) is 0 Å². The molecule has 0 heterocycles. The third-order valence-electron chi connectivity index (χ3n) is 2.14. The van der Waals surface area contributed by atoms with Crippen molar-refractivity contribution >= 4 is 18.0 Å². The fourth-order valence-electron chi connectivity index (χ4n) is 1.18. The zero-order valence-electron chi connectivity index (χ0n) is 11.9. The van der Waals surface area contributed by atoms with Crippen LogP contribution in [0.15, 0.2) is 0 Å². The molecule has 7 heteroatoms. The number of hydrogen-bond donors (Lipinski definition) is 3. The maximum Gasteiger partial charge on any atom is 0.408 e. The maximum atomic E-state index is 11.7. The number of carboxylic acids is 1. The van der Waals surface area contributed by atoms with E-state index in [1.165, 1.54) is 6.92 Å². The number of ether oxygens (including phenoxy) is 1. The molecule has 0 fully saturated rings. The van der Waals surface area contributed by atoms with Crippen molar-refractivity contribution in [3.05, 3.63) is 0 Å². The highest BCUT2D eigenvalue weighted by molar-refractivity contribution is 5.89. The van der Waals surface area contributed by atoms with Gasteiger partial charge in [-0.3, -0.25) is 9.59 Å². The summed E-state index contributed by atoms with van der Waals surface area (Å²) in [5.74, 6) is -1.69. The number of alkyl carbamates (subject to hydrolysis) is 1. The third-order valence-corrected chi connectivity index (χ3v) is 2.14. The molecule has 0 radical (unpaired) electrons. The molecule has 0 saturated heterocycles. The van der Waals surface area contributed by atoms with E-state index < -0.39 is 35.7 Å². The van der Waals surface area contributed by atoms with Gasteiger partial charge in [-0.2, -0.15) is 0 Å². The fourth-order valence-corrected chi connectivity index (χ4v) is 1.18. The SMILES string of the molecule is CC[C@@H](NC(=O)OC(C)(C)C)C(=O)N[C@@H](C)C(=O)O. The van der Waals surface area contributed by atoms with E-state index in [4.69, 9.17) is 9.84 Å². The summed E-state index contributed by atoms with van der Waals surface area (Å²) >= 11 is 0. The topological polar surface area (TPSA) is 105 Å². The van der Waals surface area contributed by atoms with E-state index in [9.17, 15) is 14.4 Å². The van der Waals surface area contributed by atoms with Crippen LogP contribution in [0.4, 0.5) is 4.79 Å². The molecule has 0 aromatic carbocycles. The average Bonchev–Trinajstić information content (AvgIpc) is 2.22. The van der Waals surface area contributed by atoms with Crippen LogP contribution in [0, 0.1) is 0 Å². The van der Waals surface area contributed by atoms with E-state index >= 15 is 0 Å². The quantitative estimate of drug-likeness (QED) is 0.690. The van der Waals surface area contributed by atoms with Crippen LogP contribution in [0.5, 0.6) is 0 Å². The van der Waals surface area contributed by atoms with Gasteiger partial charge in [0.05, 0.1) is 0 Å². The average molecular weight is 274 g/mol. The molecule has 0 saturated carbocycles. The minimum Gasteiger partial charge on any atom is -0.480 e. The molecule has 0 bridgehead atoms. The first-order valence-electron chi connectivity index (χ1n) is 6.09. The Kier molecular flexibility index (Phi) is 6.31. The number of carboxylic acid groups (broad SMARTS) is 1. The van der Waals surface area contributed by atoms with Crippen LogP contribution >= 0.6 is 0 Å². The lowest BCUT2D eigenvalue weighted by atomic mass is 10.2. The van der Waals surface area contributed by atoms with Gasteiger partial charge >= 0.3 is 12.1 Å². The highest BCUT2D eigenvalue weighted by atomic mass is 16.6. The van der Waals surface area contributed by atoms with Crippen LogP contribution in [0.1, 0.15) is 41.0 Å². The zero-order chi connectivity index (χ0) is 15.2. The van der Waals surface area contributed by atoms with E-state index in [-0.39, 0.29) is 0 Å². The van der Waals surface area contributed by atoms with E-state index in [0.29, 0.717) is 6.42 Å². The van der Waals surface area contributed by atoms with Crippen molar-refractivity contribution < 1.29 is 24.2 Å². The smallest absolute Gasteiger partial charge is 0.408 e. The number of rotatable bonds is 5. The van der Waals surface area contributed by atoms with Crippen molar-refractivity contribution in [1.82, 2.24) is 10.6 Å². The molecule has 0 aliphatic rings. The summed E-state index contributed by atoms with van der Waals surface area (Å²) in [7, 11) is 0. The lowest BCUT2D eigenvalue weighted by Crippen LogP contribution is -2.51. The first-order chi connectivity index (χ1) is 8.56. The molecule has 0 spiro atoms. The van der Waals surface area contributed by atoms with Gasteiger partial charge in [-0.15, -0.1) is 0 Å². The zero-order valence-corrected chi connectivity index (χ0v) is 11.9. The molecule has 110 valence electrons. The Morgan fingerprint density at radius 2 is 1.74 bits per heavy atom. The highest BCUT2D eigenvalue weighted by Gasteiger charge is 2.25. The number of nitrogens with one attached hydrogen (secondary N) is 2. The number of amides is 2. The predicted molar refractivity (Wildman–Crippen MR) is 68.7 cm³/mol. The van der Waals surface area contributed by atoms with E-state index in [0.717, 1.165) is 0 Å². The Hall–Kier alpha value is -1.79. The molecule has 0 aromatic rings. The summed E-state index contributed by atoms with van der Waals surface area (Å²) in [6.07, 6.45) is -0.380. The van der Waals surface area contributed by atoms with Crippen LogP contribution in [0.25, 0.3) is 0 Å². The summed E-state index contributed by atoms with van der Waals surface area (Å²) in [6, 6.07) is -1.83. The van der Waals surface area contributed by atoms with Crippen molar-refractivity contribution in [1.29, 1.82) is 0 Å². The Bertz CT molecular complexity index is 349. The highest BCUT2D eigenvalue weighted by Crippen LogP contribution is 2.07. The fraction of sp³-hybridized carbons (Fsp3) is 0.750. The van der Waals surface area contributed by atoms with Crippen LogP contribution in [0.2, 0.25) is 0 Å². The summed E-state index contributed by atoms with van der Waals surface area (Å²) in [5.41, 5.74) is -0.660. The molecule has 3 N–H and O–H groups in total. The van der Waals surface area contributed by atoms with Gasteiger partial charge in [-0.1, -0.05) is 6.92 Å². The largest absolute Gasteiger partial charge is 0.480 e. The lowest BCUT2D eigenvalue weighted by molar-refractivity contribution is -0.141. The summed E-state index contributed by atoms with van der Waals surface area (Å²) in [5, 5.41) is 13.4. The van der Waals surface area contributed by atoms with Crippen LogP contribution < -0.4 is 10.6 Å². The molecule has 19 heavy (non-hydrogen) atoms. The minimum atomic E-state index is -1.14. The van der Waals surface area contributed by atoms with Gasteiger partial charge in [-0.25, -0.2) is 4.79 Å². The number of carbonyl (C=O) groups excluding carboxylic acids is 2. The predicted octanol–water partition coefficient (Wildman–Crippen LogP) is 0.879. The summed E-state index contributed by atoms with van der Waals surface area (Å²) in [6.45, 7) is 8.17. The lowest BCUT2D eigenvalue weighted by Gasteiger charge is -2.23. The van der Waals surface area contributed by atoms with Crippen LogP contribution in [0.3, 0.4) is 0 Å². The van der Waals surface area contributed by atoms with Gasteiger partial charge in [0.25, 0.3) is 0 Å². The van der Waals surface area contributed by atoms with Crippen LogP contribution in [-0.2, 0) is 14.3 Å². The molecule has 0 rings (SSSR count). The molecular formula is C12H22N2O5. The summed E-state index contributed by atoms with van der Waals surface area (Å²) in [4.78, 5) is 33.9. The second-order valence-electron chi connectivity index (χ2n) is 5.18. The molecular weight excluding hydrogens is 252 g/mol. The maximum absolute atomic E-state index is 11.7. The first-order valence-corrected chi connectivity index (χ1v) is 6.09. The monoisotopic (exact) mass is 274 g/mol. The Labute approximate surface area is 112 Å². The van der Waals surface area contributed by atoms with Gasteiger partial charge in [0.1, 0.15) is 17.7 Å². The minimum absolute atomic E-state index is 0.331. The summed E-state index contributed by atoms with van der Waals surface area (Å²) < 4.78 is 5.03. The molecule has 2 atom stereocenters. The van der Waals surface area contributed by atoms with E-state index in [1.807, 2.05) is 0 Å². The molecule has 0 aliphatic heterocycles. The number of aliphatic carboxylic acids is 1. The second-order valence-corrected chi connectivity index (χ2v) is 5.18. The van der Waals surface area contributed by atoms with Crippen molar-refractivity contribution in [2.45, 2.75) is 58.7 Å². The normalized spacial score (nSPS) is 14.2. The van der Waals surface area contributed by atoms with Gasteiger partial charge in [-0.05, 0) is 34.1 Å². The molecule has 7 nitrogen and oxygen atoms in total. The molecule has 0 aliphatic carbocycles. The molecule has 0 aromatic heterocycles. The van der Waals surface area contributed by atoms with Crippen molar-refractivity contribution in [2.24, 2.45) is 0 Å². The van der Waals surface area contributed by atoms with E-state index in [2.05, 4.69) is 10.6 Å². The van der Waals surface area contributed by atoms with Gasteiger partial charge in [0.15, 0.2) is 0 Å². The Morgan fingerprint density at radius 1 is 1.21 bits per heavy atom. The van der Waals surface area contributed by atoms with Crippen molar-refractivity contribution in [3.8, 4) is 0 Å². The van der Waals surface area contributed by atoms with Crippen molar-refractivity contribution in [3.63, 3.8) is 0 Å². The van der Waals surface area contributed by atoms with Crippen LogP contribution in [-0.4, -0.2) is 40.8 Å². The third kappa shape index (κ3) is 7.28. The number of carbonyl (C=O) groups is 3. The van der Waals surface area contributed by atoms with Gasteiger partial charge in [0.2, 0.25) is 5.91 Å². The Balaban J connectivity index is 4.46. The molecule has 2 amide bonds. The second kappa shape index (κ2) is 6.96.